The Hall–Kier alpha value is -2.51. The highest BCUT2D eigenvalue weighted by molar-refractivity contribution is 6.34. The van der Waals surface area contributed by atoms with Crippen molar-refractivity contribution in [3.63, 3.8) is 0 Å². The summed E-state index contributed by atoms with van der Waals surface area (Å²) < 4.78 is 10.8. The summed E-state index contributed by atoms with van der Waals surface area (Å²) in [4.78, 5) is 28.1. The van der Waals surface area contributed by atoms with Crippen LogP contribution in [0.5, 0.6) is 11.5 Å². The van der Waals surface area contributed by atoms with Gasteiger partial charge in [0.05, 0.1) is 18.2 Å². The quantitative estimate of drug-likeness (QED) is 0.596. The highest BCUT2D eigenvalue weighted by atomic mass is 35.5. The molecule has 0 unspecified atom stereocenters. The van der Waals surface area contributed by atoms with Crippen LogP contribution in [0.25, 0.3) is 0 Å². The van der Waals surface area contributed by atoms with Crippen molar-refractivity contribution in [1.82, 2.24) is 15.8 Å². The van der Waals surface area contributed by atoms with Crippen LogP contribution in [0.2, 0.25) is 10.2 Å². The van der Waals surface area contributed by atoms with E-state index in [2.05, 4.69) is 15.8 Å². The molecule has 9 heteroatoms. The van der Waals surface area contributed by atoms with Gasteiger partial charge in [-0.05, 0) is 44.2 Å². The van der Waals surface area contributed by atoms with Crippen molar-refractivity contribution in [3.05, 3.63) is 51.8 Å². The van der Waals surface area contributed by atoms with Crippen molar-refractivity contribution >= 4 is 35.0 Å². The SMILES string of the molecule is COc1cc(C(=O)NNC(=O)c2nc(Cl)ccc2Cl)ccc1OC(C)C. The van der Waals surface area contributed by atoms with E-state index in [0.717, 1.165) is 0 Å². The number of aromatic nitrogens is 1. The Labute approximate surface area is 160 Å². The van der Waals surface area contributed by atoms with Crippen LogP contribution < -0.4 is 20.3 Å². The Morgan fingerprint density at radius 3 is 2.38 bits per heavy atom. The average Bonchev–Trinajstić information content (AvgIpc) is 2.61. The first kappa shape index (κ1) is 19.8. The van der Waals surface area contributed by atoms with Gasteiger partial charge in [0.15, 0.2) is 11.5 Å². The molecule has 0 saturated heterocycles. The lowest BCUT2D eigenvalue weighted by Crippen LogP contribution is -2.42. The van der Waals surface area contributed by atoms with Crippen LogP contribution in [-0.4, -0.2) is 30.0 Å². The summed E-state index contributed by atoms with van der Waals surface area (Å²) in [6.45, 7) is 3.76. The van der Waals surface area contributed by atoms with Crippen LogP contribution in [0.3, 0.4) is 0 Å². The molecule has 1 aromatic carbocycles. The highest BCUT2D eigenvalue weighted by Crippen LogP contribution is 2.28. The van der Waals surface area contributed by atoms with E-state index >= 15 is 0 Å². The van der Waals surface area contributed by atoms with Gasteiger partial charge in [0.25, 0.3) is 11.8 Å². The minimum atomic E-state index is -0.697. The molecule has 26 heavy (non-hydrogen) atoms. The third-order valence-corrected chi connectivity index (χ3v) is 3.62. The fourth-order valence-electron chi connectivity index (χ4n) is 1.98. The molecule has 0 bridgehead atoms. The molecule has 138 valence electrons. The van der Waals surface area contributed by atoms with Crippen LogP contribution in [0, 0.1) is 0 Å². The van der Waals surface area contributed by atoms with Crippen molar-refractivity contribution in [1.29, 1.82) is 0 Å². The molecule has 0 fully saturated rings. The summed E-state index contributed by atoms with van der Waals surface area (Å²) in [6, 6.07) is 7.55. The number of hydrogen-bond acceptors (Lipinski definition) is 5. The predicted octanol–water partition coefficient (Wildman–Crippen LogP) is 3.26. The monoisotopic (exact) mass is 397 g/mol. The van der Waals surface area contributed by atoms with Gasteiger partial charge in [0.1, 0.15) is 10.8 Å². The van der Waals surface area contributed by atoms with Gasteiger partial charge in [-0.15, -0.1) is 0 Å². The standard InChI is InChI=1S/C17H17Cl2N3O4/c1-9(2)26-12-6-4-10(8-13(12)25-3)16(23)21-22-17(24)15-11(18)5-7-14(19)20-15/h4-9H,1-3H3,(H,21,23)(H,22,24). The van der Waals surface area contributed by atoms with Crippen LogP contribution in [0.4, 0.5) is 0 Å². The molecule has 1 heterocycles. The van der Waals surface area contributed by atoms with Crippen LogP contribution >= 0.6 is 23.2 Å². The Morgan fingerprint density at radius 1 is 1.04 bits per heavy atom. The number of amides is 2. The number of pyridine rings is 1. The van der Waals surface area contributed by atoms with Crippen molar-refractivity contribution in [2.75, 3.05) is 7.11 Å². The number of benzene rings is 1. The maximum atomic E-state index is 12.2. The molecular weight excluding hydrogens is 381 g/mol. The van der Waals surface area contributed by atoms with Gasteiger partial charge in [-0.2, -0.15) is 0 Å². The molecule has 2 N–H and O–H groups in total. The molecule has 2 rings (SSSR count). The number of carbonyl (C=O) groups excluding carboxylic acids is 2. The zero-order chi connectivity index (χ0) is 19.3. The average molecular weight is 398 g/mol. The number of carbonyl (C=O) groups is 2. The molecule has 2 aromatic rings. The number of methoxy groups -OCH3 is 1. The number of rotatable bonds is 5. The van der Waals surface area contributed by atoms with Gasteiger partial charge in [0.2, 0.25) is 0 Å². The number of nitrogens with zero attached hydrogens (tertiary/aromatic N) is 1. The largest absolute Gasteiger partial charge is 0.493 e. The minimum absolute atomic E-state index is 0.0437. The summed E-state index contributed by atoms with van der Waals surface area (Å²) >= 11 is 11.6. The lowest BCUT2D eigenvalue weighted by atomic mass is 10.2. The van der Waals surface area contributed by atoms with Gasteiger partial charge in [-0.3, -0.25) is 20.4 Å². The topological polar surface area (TPSA) is 89.6 Å². The maximum absolute atomic E-state index is 12.2. The maximum Gasteiger partial charge on any atom is 0.289 e. The van der Waals surface area contributed by atoms with E-state index in [0.29, 0.717) is 11.5 Å². The zero-order valence-corrected chi connectivity index (χ0v) is 15.8. The molecular formula is C17H17Cl2N3O4. The zero-order valence-electron chi connectivity index (χ0n) is 14.3. The summed E-state index contributed by atoms with van der Waals surface area (Å²) in [6.07, 6.45) is -0.0437. The Kier molecular flexibility index (Phi) is 6.65. The van der Waals surface area contributed by atoms with Gasteiger partial charge < -0.3 is 9.47 Å². The number of ether oxygens (including phenoxy) is 2. The lowest BCUT2D eigenvalue weighted by molar-refractivity contribution is 0.0844. The Morgan fingerprint density at radius 2 is 1.73 bits per heavy atom. The fraction of sp³-hybridized carbons (Fsp3) is 0.235. The first-order chi connectivity index (χ1) is 12.3. The van der Waals surface area contributed by atoms with Crippen molar-refractivity contribution in [2.24, 2.45) is 0 Å². The first-order valence-electron chi connectivity index (χ1n) is 7.59. The molecule has 2 amide bonds. The van der Waals surface area contributed by atoms with Crippen LogP contribution in [0.1, 0.15) is 34.7 Å². The molecule has 0 radical (unpaired) electrons. The molecule has 1 aromatic heterocycles. The molecule has 0 saturated carbocycles. The summed E-state index contributed by atoms with van der Waals surface area (Å²) in [5.74, 6) is -0.335. The lowest BCUT2D eigenvalue weighted by Gasteiger charge is -2.14. The van der Waals surface area contributed by atoms with Crippen molar-refractivity contribution in [2.45, 2.75) is 20.0 Å². The number of hydrogen-bond donors (Lipinski definition) is 2. The second-order valence-electron chi connectivity index (χ2n) is 5.40. The van der Waals surface area contributed by atoms with Crippen molar-refractivity contribution in [3.8, 4) is 11.5 Å². The number of hydrazine groups is 1. The normalized spacial score (nSPS) is 10.4. The van der Waals surface area contributed by atoms with Crippen molar-refractivity contribution < 1.29 is 19.1 Å². The predicted molar refractivity (Wildman–Crippen MR) is 97.9 cm³/mol. The van der Waals surface area contributed by atoms with Gasteiger partial charge >= 0.3 is 0 Å². The van der Waals surface area contributed by atoms with E-state index < -0.39 is 11.8 Å². The molecule has 0 spiro atoms. The summed E-state index contributed by atoms with van der Waals surface area (Å²) in [5, 5.41) is 0.217. The fourth-order valence-corrected chi connectivity index (χ4v) is 2.32. The second-order valence-corrected chi connectivity index (χ2v) is 6.20. The third kappa shape index (κ3) is 5.00. The minimum Gasteiger partial charge on any atom is -0.493 e. The molecule has 0 atom stereocenters. The van der Waals surface area contributed by atoms with Gasteiger partial charge in [-0.1, -0.05) is 23.2 Å². The number of halogens is 2. The van der Waals surface area contributed by atoms with E-state index in [-0.39, 0.29) is 27.5 Å². The van der Waals surface area contributed by atoms with Gasteiger partial charge in [0, 0.05) is 5.56 Å². The molecule has 7 nitrogen and oxygen atoms in total. The summed E-state index contributed by atoms with van der Waals surface area (Å²) in [7, 11) is 1.47. The first-order valence-corrected chi connectivity index (χ1v) is 8.34. The van der Waals surface area contributed by atoms with Crippen LogP contribution in [0.15, 0.2) is 30.3 Å². The van der Waals surface area contributed by atoms with E-state index in [1.165, 1.54) is 25.3 Å². The Bertz CT molecular complexity index is 828. The third-order valence-electron chi connectivity index (χ3n) is 3.11. The smallest absolute Gasteiger partial charge is 0.289 e. The molecule has 0 aliphatic rings. The molecule has 0 aliphatic carbocycles. The van der Waals surface area contributed by atoms with E-state index in [1.54, 1.807) is 12.1 Å². The number of nitrogens with one attached hydrogen (secondary N) is 2. The van der Waals surface area contributed by atoms with Crippen LogP contribution in [-0.2, 0) is 0 Å². The van der Waals surface area contributed by atoms with E-state index in [9.17, 15) is 9.59 Å². The second kappa shape index (κ2) is 8.73. The van der Waals surface area contributed by atoms with E-state index in [1.807, 2.05) is 13.8 Å². The summed E-state index contributed by atoms with van der Waals surface area (Å²) in [5.41, 5.74) is 4.68. The molecule has 0 aliphatic heterocycles. The Balaban J connectivity index is 2.07. The van der Waals surface area contributed by atoms with Gasteiger partial charge in [-0.25, -0.2) is 4.98 Å². The van der Waals surface area contributed by atoms with E-state index in [4.69, 9.17) is 32.7 Å². The highest BCUT2D eigenvalue weighted by Gasteiger charge is 2.16.